The minimum absolute atomic E-state index is 0.0399. The number of aliphatic imine (C=N–C) groups is 1. The van der Waals surface area contributed by atoms with Gasteiger partial charge in [0.1, 0.15) is 22.6 Å². The molecule has 0 aliphatic carbocycles. The number of amides is 2. The van der Waals surface area contributed by atoms with E-state index >= 15 is 0 Å². The monoisotopic (exact) mass is 465 g/mol. The summed E-state index contributed by atoms with van der Waals surface area (Å²) >= 11 is 1.15. The first-order valence-corrected chi connectivity index (χ1v) is 11.3. The third-order valence-electron chi connectivity index (χ3n) is 5.05. The van der Waals surface area contributed by atoms with E-state index in [1.165, 1.54) is 29.2 Å². The summed E-state index contributed by atoms with van der Waals surface area (Å²) < 4.78 is 27.4. The summed E-state index contributed by atoms with van der Waals surface area (Å²) in [6.07, 6.45) is 0.424. The standard InChI is InChI=1S/C25H21F2N3O2S/c26-18-12-10-17(11-13-18)14-15-30-24(32)22(16-23(31)28-19-6-2-1-3-7-19)33-25(30)29-21-9-5-4-8-20(21)27/h1-13,22H,14-16H2,(H,28,31). The van der Waals surface area contributed by atoms with Crippen molar-refractivity contribution in [1.82, 2.24) is 4.90 Å². The minimum atomic E-state index is -0.674. The normalized spacial score (nSPS) is 16.9. The van der Waals surface area contributed by atoms with Gasteiger partial charge in [-0.05, 0) is 48.4 Å². The molecule has 1 N–H and O–H groups in total. The lowest BCUT2D eigenvalue weighted by Gasteiger charge is -2.16. The van der Waals surface area contributed by atoms with Gasteiger partial charge in [0.15, 0.2) is 5.17 Å². The van der Waals surface area contributed by atoms with Gasteiger partial charge in [-0.1, -0.05) is 54.2 Å². The second kappa shape index (κ2) is 10.4. The van der Waals surface area contributed by atoms with Crippen LogP contribution < -0.4 is 5.32 Å². The molecule has 2 amide bonds. The molecule has 33 heavy (non-hydrogen) atoms. The number of hydrogen-bond donors (Lipinski definition) is 1. The van der Waals surface area contributed by atoms with E-state index in [0.29, 0.717) is 17.3 Å². The van der Waals surface area contributed by atoms with Gasteiger partial charge in [0.25, 0.3) is 0 Å². The molecule has 1 heterocycles. The van der Waals surface area contributed by atoms with Crippen LogP contribution in [0.25, 0.3) is 0 Å². The van der Waals surface area contributed by atoms with Crippen LogP contribution in [0.5, 0.6) is 0 Å². The molecule has 0 bridgehead atoms. The maximum atomic E-state index is 14.2. The molecule has 3 aromatic carbocycles. The van der Waals surface area contributed by atoms with Gasteiger partial charge in [-0.25, -0.2) is 13.8 Å². The Morgan fingerprint density at radius 1 is 0.970 bits per heavy atom. The van der Waals surface area contributed by atoms with Crippen molar-refractivity contribution >= 4 is 40.1 Å². The van der Waals surface area contributed by atoms with Crippen molar-refractivity contribution in [3.05, 3.63) is 96.1 Å². The lowest BCUT2D eigenvalue weighted by atomic mass is 10.1. The molecule has 0 spiro atoms. The highest BCUT2D eigenvalue weighted by atomic mass is 32.2. The Balaban J connectivity index is 1.52. The first-order chi connectivity index (χ1) is 16.0. The van der Waals surface area contributed by atoms with Crippen LogP contribution in [0.15, 0.2) is 83.9 Å². The van der Waals surface area contributed by atoms with Crippen molar-refractivity contribution < 1.29 is 18.4 Å². The number of para-hydroxylation sites is 2. The molecule has 3 aromatic rings. The van der Waals surface area contributed by atoms with Crippen LogP contribution in [0.3, 0.4) is 0 Å². The highest BCUT2D eigenvalue weighted by Gasteiger charge is 2.39. The molecule has 1 atom stereocenters. The molecular formula is C25H21F2N3O2S. The van der Waals surface area contributed by atoms with Crippen molar-refractivity contribution in [2.45, 2.75) is 18.1 Å². The predicted octanol–water partition coefficient (Wildman–Crippen LogP) is 5.17. The Kier molecular flexibility index (Phi) is 7.14. The third kappa shape index (κ3) is 5.84. The number of rotatable bonds is 7. The van der Waals surface area contributed by atoms with Crippen LogP contribution in [0.4, 0.5) is 20.2 Å². The van der Waals surface area contributed by atoms with E-state index in [-0.39, 0.29) is 36.3 Å². The van der Waals surface area contributed by atoms with E-state index in [0.717, 1.165) is 17.3 Å². The lowest BCUT2D eigenvalue weighted by Crippen LogP contribution is -2.35. The smallest absolute Gasteiger partial charge is 0.242 e. The number of carbonyl (C=O) groups excluding carboxylic acids is 2. The number of nitrogens with one attached hydrogen (secondary N) is 1. The molecule has 1 aliphatic rings. The number of carbonyl (C=O) groups is 2. The second-order valence-corrected chi connectivity index (χ2v) is 8.61. The molecule has 1 saturated heterocycles. The largest absolute Gasteiger partial charge is 0.326 e. The highest BCUT2D eigenvalue weighted by molar-refractivity contribution is 8.15. The average molecular weight is 466 g/mol. The number of hydrogen-bond acceptors (Lipinski definition) is 4. The van der Waals surface area contributed by atoms with Gasteiger partial charge in [-0.3, -0.25) is 14.5 Å². The number of benzene rings is 3. The second-order valence-electron chi connectivity index (χ2n) is 7.44. The zero-order valence-electron chi connectivity index (χ0n) is 17.6. The molecule has 1 aliphatic heterocycles. The van der Waals surface area contributed by atoms with E-state index in [1.54, 1.807) is 48.5 Å². The summed E-state index contributed by atoms with van der Waals surface area (Å²) in [5.41, 5.74) is 1.62. The Bertz CT molecular complexity index is 1170. The van der Waals surface area contributed by atoms with Gasteiger partial charge < -0.3 is 5.32 Å². The first kappa shape index (κ1) is 22.7. The summed E-state index contributed by atoms with van der Waals surface area (Å²) in [5.74, 6) is -1.39. The summed E-state index contributed by atoms with van der Waals surface area (Å²) in [4.78, 5) is 31.5. The van der Waals surface area contributed by atoms with Crippen LogP contribution in [0, 0.1) is 11.6 Å². The fourth-order valence-electron chi connectivity index (χ4n) is 3.37. The Hall–Kier alpha value is -3.52. The van der Waals surface area contributed by atoms with Crippen LogP contribution in [0.1, 0.15) is 12.0 Å². The quantitative estimate of drug-likeness (QED) is 0.524. The molecule has 4 rings (SSSR count). The number of amidine groups is 1. The zero-order valence-corrected chi connectivity index (χ0v) is 18.4. The maximum Gasteiger partial charge on any atom is 0.242 e. The van der Waals surface area contributed by atoms with E-state index in [4.69, 9.17) is 0 Å². The minimum Gasteiger partial charge on any atom is -0.326 e. The Morgan fingerprint density at radius 2 is 1.67 bits per heavy atom. The molecular weight excluding hydrogens is 444 g/mol. The fourth-order valence-corrected chi connectivity index (χ4v) is 4.55. The number of halogens is 2. The van der Waals surface area contributed by atoms with E-state index in [2.05, 4.69) is 10.3 Å². The van der Waals surface area contributed by atoms with E-state index in [1.807, 2.05) is 6.07 Å². The average Bonchev–Trinajstić information content (AvgIpc) is 3.09. The van der Waals surface area contributed by atoms with Crippen molar-refractivity contribution in [2.24, 2.45) is 4.99 Å². The lowest BCUT2D eigenvalue weighted by molar-refractivity contribution is -0.128. The van der Waals surface area contributed by atoms with Crippen molar-refractivity contribution in [3.8, 4) is 0 Å². The zero-order chi connectivity index (χ0) is 23.2. The molecule has 1 unspecified atom stereocenters. The Labute approximate surface area is 194 Å². The van der Waals surface area contributed by atoms with Gasteiger partial charge in [-0.15, -0.1) is 0 Å². The van der Waals surface area contributed by atoms with Crippen LogP contribution in [0.2, 0.25) is 0 Å². The molecule has 1 fully saturated rings. The van der Waals surface area contributed by atoms with Gasteiger partial charge in [-0.2, -0.15) is 0 Å². The predicted molar refractivity (Wildman–Crippen MR) is 126 cm³/mol. The number of thioether (sulfide) groups is 1. The van der Waals surface area contributed by atoms with Crippen molar-refractivity contribution in [2.75, 3.05) is 11.9 Å². The molecule has 8 heteroatoms. The molecule has 5 nitrogen and oxygen atoms in total. The Morgan fingerprint density at radius 3 is 2.39 bits per heavy atom. The van der Waals surface area contributed by atoms with Gasteiger partial charge in [0.2, 0.25) is 11.8 Å². The van der Waals surface area contributed by atoms with Gasteiger partial charge in [0, 0.05) is 18.7 Å². The molecule has 0 saturated carbocycles. The third-order valence-corrected chi connectivity index (χ3v) is 6.23. The topological polar surface area (TPSA) is 61.8 Å². The highest BCUT2D eigenvalue weighted by Crippen LogP contribution is 2.32. The molecule has 168 valence electrons. The molecule has 0 radical (unpaired) electrons. The number of nitrogens with zero attached hydrogens (tertiary/aromatic N) is 2. The SMILES string of the molecule is O=C(CC1SC(=Nc2ccccc2F)N(CCc2ccc(F)cc2)C1=O)Nc1ccccc1. The van der Waals surface area contributed by atoms with Gasteiger partial charge >= 0.3 is 0 Å². The fraction of sp³-hybridized carbons (Fsp3) is 0.160. The number of anilines is 1. The summed E-state index contributed by atoms with van der Waals surface area (Å²) in [5, 5.41) is 2.45. The van der Waals surface area contributed by atoms with Crippen molar-refractivity contribution in [3.63, 3.8) is 0 Å². The summed E-state index contributed by atoms with van der Waals surface area (Å²) in [6.45, 7) is 0.279. The molecule has 0 aromatic heterocycles. The first-order valence-electron chi connectivity index (χ1n) is 10.4. The van der Waals surface area contributed by atoms with E-state index in [9.17, 15) is 18.4 Å². The maximum absolute atomic E-state index is 14.2. The van der Waals surface area contributed by atoms with Crippen LogP contribution >= 0.6 is 11.8 Å². The van der Waals surface area contributed by atoms with Crippen molar-refractivity contribution in [1.29, 1.82) is 0 Å². The summed E-state index contributed by atoms with van der Waals surface area (Å²) in [6, 6.07) is 21.1. The van der Waals surface area contributed by atoms with Crippen LogP contribution in [-0.4, -0.2) is 33.7 Å². The van der Waals surface area contributed by atoms with E-state index < -0.39 is 11.1 Å². The van der Waals surface area contributed by atoms with Crippen LogP contribution in [-0.2, 0) is 16.0 Å². The van der Waals surface area contributed by atoms with Gasteiger partial charge in [0.05, 0.1) is 0 Å². The summed E-state index contributed by atoms with van der Waals surface area (Å²) in [7, 11) is 0.